The minimum absolute atomic E-state index is 0.188. The number of nitrogens with one attached hydrogen (secondary N) is 1. The lowest BCUT2D eigenvalue weighted by molar-refractivity contribution is -0.302. The van der Waals surface area contributed by atoms with Gasteiger partial charge in [-0.3, -0.25) is 4.79 Å². The third kappa shape index (κ3) is 40.7. The molecule has 7 atom stereocenters. The average Bonchev–Trinajstić information content (AvgIpc) is 3.38. The molecule has 0 aromatic carbocycles. The number of aliphatic hydroxyl groups excluding tert-OH is 5. The minimum atomic E-state index is -1.57. The van der Waals surface area contributed by atoms with Crippen molar-refractivity contribution >= 4 is 5.91 Å². The monoisotopic (exact) mass is 1010 g/mol. The van der Waals surface area contributed by atoms with E-state index in [1.165, 1.54) is 161 Å². The topological polar surface area (TPSA) is 149 Å². The van der Waals surface area contributed by atoms with Crippen molar-refractivity contribution in [1.29, 1.82) is 0 Å². The molecule has 1 aliphatic heterocycles. The molecule has 0 saturated carbocycles. The molecule has 0 bridgehead atoms. The summed E-state index contributed by atoms with van der Waals surface area (Å²) in [6.45, 7) is 3.61. The second-order valence-corrected chi connectivity index (χ2v) is 20.4. The molecule has 0 aromatic rings. The molecule has 1 heterocycles. The standard InChI is InChI=1S/C63H111NO8/c1-3-5-7-9-11-13-15-16-17-18-19-20-21-22-23-24-25-26-27-28-29-30-31-32-33-34-35-36-37-38-39-40-41-42-43-45-47-49-51-53-59(67)64-56(55-71-63-62(70)61(69)60(68)58(54-65)72-63)57(66)52-50-48-46-44-14-12-10-8-6-4-2/h5,7,11,13-14,16-17,19-20,22-23,44,50,52,56-58,60-63,65-66,68-70H,3-4,6,8-10,12,15,18,21,24-43,45-49,51,53-55H2,1-2H3,(H,64,67)/b7-5-,13-11-,17-16-,20-19-,23-22-,44-14+,52-50+. The van der Waals surface area contributed by atoms with Gasteiger partial charge in [-0.15, -0.1) is 0 Å². The summed E-state index contributed by atoms with van der Waals surface area (Å²) in [6, 6.07) is -0.821. The van der Waals surface area contributed by atoms with Crippen molar-refractivity contribution < 1.29 is 39.8 Å². The second-order valence-electron chi connectivity index (χ2n) is 20.4. The first-order valence-corrected chi connectivity index (χ1v) is 29.8. The largest absolute Gasteiger partial charge is 0.394 e. The van der Waals surface area contributed by atoms with Gasteiger partial charge in [0, 0.05) is 6.42 Å². The van der Waals surface area contributed by atoms with Crippen LogP contribution in [0, 0.1) is 0 Å². The molecule has 7 unspecified atom stereocenters. The highest BCUT2D eigenvalue weighted by Gasteiger charge is 2.44. The summed E-state index contributed by atoms with van der Waals surface area (Å²) in [5.74, 6) is -0.188. The number of hydrogen-bond acceptors (Lipinski definition) is 8. The Morgan fingerprint density at radius 3 is 1.33 bits per heavy atom. The fraction of sp³-hybridized carbons (Fsp3) is 0.762. The molecule has 0 aromatic heterocycles. The maximum Gasteiger partial charge on any atom is 0.220 e. The van der Waals surface area contributed by atoms with Crippen molar-refractivity contribution in [1.82, 2.24) is 5.32 Å². The maximum atomic E-state index is 13.0. The Morgan fingerprint density at radius 2 is 0.875 bits per heavy atom. The zero-order chi connectivity index (χ0) is 52.2. The van der Waals surface area contributed by atoms with Crippen LogP contribution in [0.3, 0.4) is 0 Å². The van der Waals surface area contributed by atoms with Gasteiger partial charge in [-0.1, -0.05) is 253 Å². The van der Waals surface area contributed by atoms with Gasteiger partial charge in [0.2, 0.25) is 5.91 Å². The molecule has 9 heteroatoms. The Morgan fingerprint density at radius 1 is 0.486 bits per heavy atom. The van der Waals surface area contributed by atoms with Crippen LogP contribution in [-0.4, -0.2) is 87.5 Å². The van der Waals surface area contributed by atoms with Crippen LogP contribution in [0.4, 0.5) is 0 Å². The molecule has 0 radical (unpaired) electrons. The van der Waals surface area contributed by atoms with E-state index in [4.69, 9.17) is 9.47 Å². The number of amides is 1. The van der Waals surface area contributed by atoms with E-state index in [0.717, 1.165) is 70.6 Å². The number of unbranched alkanes of at least 4 members (excludes halogenated alkanes) is 28. The van der Waals surface area contributed by atoms with Crippen LogP contribution in [0.5, 0.6) is 0 Å². The highest BCUT2D eigenvalue weighted by atomic mass is 16.7. The van der Waals surface area contributed by atoms with Crippen LogP contribution in [0.1, 0.15) is 251 Å². The lowest BCUT2D eigenvalue weighted by atomic mass is 9.99. The molecule has 1 amide bonds. The lowest BCUT2D eigenvalue weighted by Gasteiger charge is -2.40. The van der Waals surface area contributed by atoms with Crippen LogP contribution in [0.2, 0.25) is 0 Å². The first-order valence-electron chi connectivity index (χ1n) is 29.8. The van der Waals surface area contributed by atoms with Crippen LogP contribution < -0.4 is 5.32 Å². The van der Waals surface area contributed by atoms with Crippen LogP contribution in [0.15, 0.2) is 85.1 Å². The number of allylic oxidation sites excluding steroid dienone is 13. The Kier molecular flexibility index (Phi) is 48.5. The van der Waals surface area contributed by atoms with Crippen molar-refractivity contribution in [3.8, 4) is 0 Å². The number of ether oxygens (including phenoxy) is 2. The smallest absolute Gasteiger partial charge is 0.220 e. The first-order chi connectivity index (χ1) is 35.3. The van der Waals surface area contributed by atoms with Gasteiger partial charge in [0.15, 0.2) is 6.29 Å². The molecule has 1 aliphatic rings. The molecule has 1 fully saturated rings. The summed E-state index contributed by atoms with van der Waals surface area (Å²) in [5.41, 5.74) is 0. The fourth-order valence-electron chi connectivity index (χ4n) is 9.02. The van der Waals surface area contributed by atoms with Crippen molar-refractivity contribution in [3.63, 3.8) is 0 Å². The second kappa shape index (κ2) is 51.8. The fourth-order valence-corrected chi connectivity index (χ4v) is 9.02. The molecule has 1 saturated heterocycles. The predicted octanol–water partition coefficient (Wildman–Crippen LogP) is 15.0. The number of aliphatic hydroxyl groups is 5. The zero-order valence-corrected chi connectivity index (χ0v) is 46.2. The van der Waals surface area contributed by atoms with E-state index in [1.54, 1.807) is 6.08 Å². The summed E-state index contributed by atoms with van der Waals surface area (Å²) in [4.78, 5) is 13.0. The van der Waals surface area contributed by atoms with Gasteiger partial charge in [-0.05, 0) is 77.0 Å². The molecule has 0 spiro atoms. The third-order valence-corrected chi connectivity index (χ3v) is 13.7. The Balaban J connectivity index is 2.03. The normalized spacial score (nSPS) is 19.8. The SMILES string of the molecule is CC/C=C\C/C=C\C/C=C\C/C=C\C/C=C\CCCCCCCCCCCCCCCCCCCCCCCCCC(=O)NC(COC1OC(CO)C(O)C(O)C1O)C(O)/C=C/CC/C=C/CCCCCC. The van der Waals surface area contributed by atoms with Gasteiger partial charge < -0.3 is 40.3 Å². The van der Waals surface area contributed by atoms with Gasteiger partial charge in [-0.25, -0.2) is 0 Å². The van der Waals surface area contributed by atoms with E-state index >= 15 is 0 Å². The number of carbonyl (C=O) groups is 1. The summed E-state index contributed by atoms with van der Waals surface area (Å²) in [7, 11) is 0. The maximum absolute atomic E-state index is 13.0. The van der Waals surface area contributed by atoms with Gasteiger partial charge in [0.25, 0.3) is 0 Å². The van der Waals surface area contributed by atoms with Gasteiger partial charge in [0.05, 0.1) is 25.4 Å². The quantitative estimate of drug-likeness (QED) is 0.0261. The summed E-state index contributed by atoms with van der Waals surface area (Å²) in [5, 5.41) is 54.2. The highest BCUT2D eigenvalue weighted by Crippen LogP contribution is 2.23. The minimum Gasteiger partial charge on any atom is -0.394 e. The molecular formula is C63H111NO8. The van der Waals surface area contributed by atoms with Crippen LogP contribution in [-0.2, 0) is 14.3 Å². The highest BCUT2D eigenvalue weighted by molar-refractivity contribution is 5.76. The van der Waals surface area contributed by atoms with Crippen molar-refractivity contribution in [3.05, 3.63) is 85.1 Å². The van der Waals surface area contributed by atoms with Crippen molar-refractivity contribution in [2.45, 2.75) is 294 Å². The Bertz CT molecular complexity index is 1400. The van der Waals surface area contributed by atoms with Crippen LogP contribution >= 0.6 is 0 Å². The lowest BCUT2D eigenvalue weighted by Crippen LogP contribution is -2.60. The van der Waals surface area contributed by atoms with Gasteiger partial charge >= 0.3 is 0 Å². The average molecular weight is 1010 g/mol. The third-order valence-electron chi connectivity index (χ3n) is 13.7. The van der Waals surface area contributed by atoms with Gasteiger partial charge in [0.1, 0.15) is 24.4 Å². The van der Waals surface area contributed by atoms with Gasteiger partial charge in [-0.2, -0.15) is 0 Å². The van der Waals surface area contributed by atoms with E-state index in [2.05, 4.69) is 92.1 Å². The molecule has 416 valence electrons. The predicted molar refractivity (Wildman–Crippen MR) is 304 cm³/mol. The number of hydrogen-bond donors (Lipinski definition) is 6. The van der Waals surface area contributed by atoms with E-state index in [-0.39, 0.29) is 12.5 Å². The number of rotatable bonds is 50. The van der Waals surface area contributed by atoms with E-state index < -0.39 is 49.5 Å². The molecule has 1 rings (SSSR count). The Labute approximate surface area is 441 Å². The number of carbonyl (C=O) groups excluding carboxylic acids is 1. The van der Waals surface area contributed by atoms with E-state index in [0.29, 0.717) is 6.42 Å². The molecular weight excluding hydrogens is 899 g/mol. The Hall–Kier alpha value is -2.63. The summed E-state index contributed by atoms with van der Waals surface area (Å²) >= 11 is 0. The van der Waals surface area contributed by atoms with E-state index in [9.17, 15) is 30.3 Å². The van der Waals surface area contributed by atoms with Crippen molar-refractivity contribution in [2.24, 2.45) is 0 Å². The van der Waals surface area contributed by atoms with Crippen LogP contribution in [0.25, 0.3) is 0 Å². The zero-order valence-electron chi connectivity index (χ0n) is 46.2. The summed E-state index contributed by atoms with van der Waals surface area (Å²) < 4.78 is 11.2. The summed E-state index contributed by atoms with van der Waals surface area (Å²) in [6.07, 6.45) is 67.0. The molecule has 0 aliphatic carbocycles. The molecule has 6 N–H and O–H groups in total. The van der Waals surface area contributed by atoms with Crippen molar-refractivity contribution in [2.75, 3.05) is 13.2 Å². The molecule has 72 heavy (non-hydrogen) atoms. The first kappa shape index (κ1) is 67.4. The van der Waals surface area contributed by atoms with E-state index in [1.807, 2.05) is 6.08 Å². The molecule has 9 nitrogen and oxygen atoms in total.